The molecule has 0 aromatic heterocycles. The zero-order valence-electron chi connectivity index (χ0n) is 11.1. The van der Waals surface area contributed by atoms with E-state index in [1.54, 1.807) is 6.07 Å². The standard InChI is InChI=1S/C16H13IO4/c17-12-4-1-10(2-5-12)9-20-13-6-3-11-7-15(16(18)19)21-14(11)8-13/h1-6,8,15H,7,9H2,(H,18,19). The minimum absolute atomic E-state index is 0.405. The van der Waals surface area contributed by atoms with E-state index in [-0.39, 0.29) is 0 Å². The van der Waals surface area contributed by atoms with Crippen molar-refractivity contribution >= 4 is 28.6 Å². The highest BCUT2D eigenvalue weighted by molar-refractivity contribution is 14.1. The van der Waals surface area contributed by atoms with Crippen LogP contribution in [-0.4, -0.2) is 17.2 Å². The van der Waals surface area contributed by atoms with Crippen molar-refractivity contribution in [2.75, 3.05) is 0 Å². The van der Waals surface area contributed by atoms with Crippen LogP contribution in [0.15, 0.2) is 42.5 Å². The molecule has 1 unspecified atom stereocenters. The van der Waals surface area contributed by atoms with Gasteiger partial charge in [-0.25, -0.2) is 4.79 Å². The lowest BCUT2D eigenvalue weighted by Gasteiger charge is -2.08. The van der Waals surface area contributed by atoms with Crippen molar-refractivity contribution in [3.8, 4) is 11.5 Å². The zero-order valence-corrected chi connectivity index (χ0v) is 13.2. The van der Waals surface area contributed by atoms with Gasteiger partial charge in [0, 0.05) is 16.1 Å². The third-order valence-corrected chi connectivity index (χ3v) is 4.03. The Bertz CT molecular complexity index is 666. The van der Waals surface area contributed by atoms with E-state index in [9.17, 15) is 4.79 Å². The number of aliphatic carboxylic acids is 1. The van der Waals surface area contributed by atoms with Gasteiger partial charge in [0.25, 0.3) is 0 Å². The second kappa shape index (κ2) is 5.93. The summed E-state index contributed by atoms with van der Waals surface area (Å²) in [6.45, 7) is 0.470. The summed E-state index contributed by atoms with van der Waals surface area (Å²) in [6, 6.07) is 13.6. The van der Waals surface area contributed by atoms with E-state index in [1.807, 2.05) is 36.4 Å². The quantitative estimate of drug-likeness (QED) is 0.807. The minimum atomic E-state index is -0.937. The fourth-order valence-electron chi connectivity index (χ4n) is 2.18. The molecule has 0 radical (unpaired) electrons. The first kappa shape index (κ1) is 14.2. The Morgan fingerprint density at radius 3 is 2.76 bits per heavy atom. The predicted octanol–water partition coefficient (Wildman–Crippen LogP) is 3.26. The summed E-state index contributed by atoms with van der Waals surface area (Å²) in [5.74, 6) is 0.341. The van der Waals surface area contributed by atoms with Gasteiger partial charge in [-0.05, 0) is 51.9 Å². The summed E-state index contributed by atoms with van der Waals surface area (Å²) in [4.78, 5) is 10.9. The third kappa shape index (κ3) is 3.29. The molecule has 4 nitrogen and oxygen atoms in total. The Hall–Kier alpha value is -1.76. The highest BCUT2D eigenvalue weighted by Gasteiger charge is 2.28. The molecule has 3 rings (SSSR count). The van der Waals surface area contributed by atoms with Gasteiger partial charge in [-0.3, -0.25) is 0 Å². The van der Waals surface area contributed by atoms with E-state index in [0.29, 0.717) is 24.5 Å². The Kier molecular flexibility index (Phi) is 4.01. The summed E-state index contributed by atoms with van der Waals surface area (Å²) < 4.78 is 12.3. The van der Waals surface area contributed by atoms with Crippen LogP contribution < -0.4 is 9.47 Å². The van der Waals surface area contributed by atoms with Gasteiger partial charge in [0.2, 0.25) is 0 Å². The molecule has 0 amide bonds. The van der Waals surface area contributed by atoms with Crippen LogP contribution in [0.25, 0.3) is 0 Å². The number of ether oxygens (including phenoxy) is 2. The van der Waals surface area contributed by atoms with Crippen LogP contribution in [0.1, 0.15) is 11.1 Å². The van der Waals surface area contributed by atoms with Crippen LogP contribution >= 0.6 is 22.6 Å². The summed E-state index contributed by atoms with van der Waals surface area (Å²) in [5, 5.41) is 8.97. The number of halogens is 1. The van der Waals surface area contributed by atoms with Gasteiger partial charge in [-0.1, -0.05) is 18.2 Å². The van der Waals surface area contributed by atoms with Gasteiger partial charge in [0.15, 0.2) is 6.10 Å². The SMILES string of the molecule is O=C(O)C1Cc2ccc(OCc3ccc(I)cc3)cc2O1. The Labute approximate surface area is 135 Å². The van der Waals surface area contributed by atoms with E-state index >= 15 is 0 Å². The molecule has 21 heavy (non-hydrogen) atoms. The highest BCUT2D eigenvalue weighted by Crippen LogP contribution is 2.32. The minimum Gasteiger partial charge on any atom is -0.489 e. The number of fused-ring (bicyclic) bond motifs is 1. The van der Waals surface area contributed by atoms with E-state index < -0.39 is 12.1 Å². The Morgan fingerprint density at radius 2 is 2.05 bits per heavy atom. The van der Waals surface area contributed by atoms with E-state index in [1.165, 1.54) is 3.57 Å². The van der Waals surface area contributed by atoms with Crippen molar-refractivity contribution in [1.82, 2.24) is 0 Å². The van der Waals surface area contributed by atoms with Gasteiger partial charge < -0.3 is 14.6 Å². The maximum Gasteiger partial charge on any atom is 0.345 e. The molecule has 0 aliphatic carbocycles. The normalized spacial score (nSPS) is 16.1. The number of rotatable bonds is 4. The molecule has 0 bridgehead atoms. The van der Waals surface area contributed by atoms with Crippen molar-refractivity contribution in [2.24, 2.45) is 0 Å². The van der Waals surface area contributed by atoms with Crippen LogP contribution in [-0.2, 0) is 17.8 Å². The summed E-state index contributed by atoms with van der Waals surface area (Å²) in [7, 11) is 0. The molecule has 0 spiro atoms. The lowest BCUT2D eigenvalue weighted by atomic mass is 10.1. The van der Waals surface area contributed by atoms with Crippen molar-refractivity contribution in [3.63, 3.8) is 0 Å². The third-order valence-electron chi connectivity index (χ3n) is 3.31. The molecule has 1 aliphatic heterocycles. The molecule has 2 aromatic carbocycles. The number of carboxylic acid groups (broad SMARTS) is 1. The topological polar surface area (TPSA) is 55.8 Å². The van der Waals surface area contributed by atoms with Crippen molar-refractivity contribution in [3.05, 3.63) is 57.2 Å². The summed E-state index contributed by atoms with van der Waals surface area (Å²) in [6.07, 6.45) is -0.381. The van der Waals surface area contributed by atoms with Crippen LogP contribution in [0, 0.1) is 3.57 Å². The molecule has 1 atom stereocenters. The van der Waals surface area contributed by atoms with Crippen LogP contribution in [0.3, 0.4) is 0 Å². The molecule has 1 N–H and O–H groups in total. The van der Waals surface area contributed by atoms with Crippen LogP contribution in [0.4, 0.5) is 0 Å². The highest BCUT2D eigenvalue weighted by atomic mass is 127. The molecule has 0 saturated heterocycles. The lowest BCUT2D eigenvalue weighted by molar-refractivity contribution is -0.144. The molecule has 0 saturated carbocycles. The van der Waals surface area contributed by atoms with Gasteiger partial charge in [0.1, 0.15) is 18.1 Å². The van der Waals surface area contributed by atoms with Gasteiger partial charge in [-0.15, -0.1) is 0 Å². The first-order valence-electron chi connectivity index (χ1n) is 6.51. The maximum atomic E-state index is 10.9. The number of benzene rings is 2. The number of carbonyl (C=O) groups is 1. The molecule has 2 aromatic rings. The van der Waals surface area contributed by atoms with Gasteiger partial charge in [0.05, 0.1) is 0 Å². The second-order valence-electron chi connectivity index (χ2n) is 4.83. The molecule has 0 fully saturated rings. The van der Waals surface area contributed by atoms with Crippen molar-refractivity contribution < 1.29 is 19.4 Å². The lowest BCUT2D eigenvalue weighted by Crippen LogP contribution is -2.24. The predicted molar refractivity (Wildman–Crippen MR) is 85.7 cm³/mol. The molecule has 108 valence electrons. The van der Waals surface area contributed by atoms with Gasteiger partial charge in [-0.2, -0.15) is 0 Å². The average molecular weight is 396 g/mol. The summed E-state index contributed by atoms with van der Waals surface area (Å²) in [5.41, 5.74) is 1.99. The Balaban J connectivity index is 1.67. The number of hydrogen-bond acceptors (Lipinski definition) is 3. The van der Waals surface area contributed by atoms with E-state index in [0.717, 1.165) is 11.1 Å². The summed E-state index contributed by atoms with van der Waals surface area (Å²) >= 11 is 2.26. The van der Waals surface area contributed by atoms with Crippen LogP contribution in [0.5, 0.6) is 11.5 Å². The van der Waals surface area contributed by atoms with Crippen molar-refractivity contribution in [1.29, 1.82) is 0 Å². The monoisotopic (exact) mass is 396 g/mol. The molecular weight excluding hydrogens is 383 g/mol. The smallest absolute Gasteiger partial charge is 0.345 e. The molecule has 1 heterocycles. The Morgan fingerprint density at radius 1 is 1.29 bits per heavy atom. The van der Waals surface area contributed by atoms with Crippen molar-refractivity contribution in [2.45, 2.75) is 19.1 Å². The molecule has 1 aliphatic rings. The maximum absolute atomic E-state index is 10.9. The first-order chi connectivity index (χ1) is 10.1. The van der Waals surface area contributed by atoms with Gasteiger partial charge >= 0.3 is 5.97 Å². The number of carboxylic acids is 1. The fourth-order valence-corrected chi connectivity index (χ4v) is 2.54. The van der Waals surface area contributed by atoms with E-state index in [4.69, 9.17) is 14.6 Å². The largest absolute Gasteiger partial charge is 0.489 e. The second-order valence-corrected chi connectivity index (χ2v) is 6.08. The van der Waals surface area contributed by atoms with E-state index in [2.05, 4.69) is 22.6 Å². The zero-order chi connectivity index (χ0) is 14.8. The number of hydrogen-bond donors (Lipinski definition) is 1. The average Bonchev–Trinajstić information content (AvgIpc) is 2.90. The van der Waals surface area contributed by atoms with Crippen LogP contribution in [0.2, 0.25) is 0 Å². The fraction of sp³-hybridized carbons (Fsp3) is 0.188. The molecular formula is C16H13IO4. The molecule has 5 heteroatoms. The first-order valence-corrected chi connectivity index (χ1v) is 7.59.